The van der Waals surface area contributed by atoms with Crippen LogP contribution in [0.1, 0.15) is 31.2 Å². The Morgan fingerprint density at radius 3 is 2.42 bits per heavy atom. The third kappa shape index (κ3) is 3.98. The van der Waals surface area contributed by atoms with Crippen LogP contribution in [0.3, 0.4) is 0 Å². The minimum absolute atomic E-state index is 0.118. The van der Waals surface area contributed by atoms with Crippen LogP contribution in [0.25, 0.3) is 0 Å². The number of methoxy groups -OCH3 is 1. The number of amides is 1. The largest absolute Gasteiger partial charge is 0.496 e. The number of halogens is 1. The van der Waals surface area contributed by atoms with Gasteiger partial charge in [-0.15, -0.1) is 0 Å². The Balaban J connectivity index is 1.82. The number of hydrogen-bond acceptors (Lipinski definition) is 5. The predicted octanol–water partition coefficient (Wildman–Crippen LogP) is 2.02. The highest BCUT2D eigenvalue weighted by atomic mass is 35.5. The number of rotatable bonds is 5. The summed E-state index contributed by atoms with van der Waals surface area (Å²) in [4.78, 5) is 12.8. The average molecular weight is 383 g/mol. The molecule has 0 saturated carbocycles. The smallest absolute Gasteiger partial charge is 0.240 e. The molecule has 2 saturated heterocycles. The summed E-state index contributed by atoms with van der Waals surface area (Å²) in [6, 6.07) is 5.62. The van der Waals surface area contributed by atoms with Gasteiger partial charge in [-0.1, -0.05) is 11.6 Å². The SMILES string of the molecule is COc1ccc(Cl)cc1C1(CNC(=O)C2(N)CCOCC2)CCOCC1. The molecule has 7 heteroatoms. The number of nitrogens with two attached hydrogens (primary N) is 1. The normalized spacial score (nSPS) is 21.8. The molecule has 26 heavy (non-hydrogen) atoms. The molecule has 0 atom stereocenters. The predicted molar refractivity (Wildman–Crippen MR) is 99.7 cm³/mol. The summed E-state index contributed by atoms with van der Waals surface area (Å²) < 4.78 is 16.5. The first-order chi connectivity index (χ1) is 12.5. The van der Waals surface area contributed by atoms with Gasteiger partial charge in [0.1, 0.15) is 5.75 Å². The molecule has 0 unspecified atom stereocenters. The second-order valence-electron chi connectivity index (χ2n) is 7.19. The number of ether oxygens (including phenoxy) is 3. The highest BCUT2D eigenvalue weighted by molar-refractivity contribution is 6.30. The van der Waals surface area contributed by atoms with Gasteiger partial charge in [0.15, 0.2) is 0 Å². The number of carbonyl (C=O) groups is 1. The summed E-state index contributed by atoms with van der Waals surface area (Å²) in [6.07, 6.45) is 2.64. The van der Waals surface area contributed by atoms with Gasteiger partial charge in [0.05, 0.1) is 12.6 Å². The molecule has 1 aromatic rings. The van der Waals surface area contributed by atoms with Gasteiger partial charge in [0.25, 0.3) is 0 Å². The molecule has 2 heterocycles. The number of carbonyl (C=O) groups excluding carboxylic acids is 1. The first kappa shape index (κ1) is 19.4. The second kappa shape index (κ2) is 8.13. The van der Waals surface area contributed by atoms with Gasteiger partial charge in [0, 0.05) is 49.0 Å². The molecule has 0 radical (unpaired) electrons. The van der Waals surface area contributed by atoms with E-state index in [2.05, 4.69) is 5.32 Å². The first-order valence-electron chi connectivity index (χ1n) is 9.06. The highest BCUT2D eigenvalue weighted by Gasteiger charge is 2.40. The van der Waals surface area contributed by atoms with Crippen molar-refractivity contribution in [3.8, 4) is 5.75 Å². The van der Waals surface area contributed by atoms with Gasteiger partial charge in [-0.3, -0.25) is 4.79 Å². The van der Waals surface area contributed by atoms with Crippen molar-refractivity contribution in [3.63, 3.8) is 0 Å². The van der Waals surface area contributed by atoms with Gasteiger partial charge in [-0.25, -0.2) is 0 Å². The molecule has 0 bridgehead atoms. The van der Waals surface area contributed by atoms with E-state index in [0.29, 0.717) is 50.8 Å². The fourth-order valence-electron chi connectivity index (χ4n) is 3.79. The molecular formula is C19H27ClN2O4. The van der Waals surface area contributed by atoms with E-state index in [1.165, 1.54) is 0 Å². The summed E-state index contributed by atoms with van der Waals surface area (Å²) >= 11 is 6.25. The molecule has 0 spiro atoms. The van der Waals surface area contributed by atoms with Crippen molar-refractivity contribution in [2.75, 3.05) is 40.1 Å². The van der Waals surface area contributed by atoms with Crippen LogP contribution in [0.2, 0.25) is 5.02 Å². The van der Waals surface area contributed by atoms with Crippen molar-refractivity contribution in [2.45, 2.75) is 36.6 Å². The van der Waals surface area contributed by atoms with E-state index in [9.17, 15) is 4.79 Å². The van der Waals surface area contributed by atoms with Gasteiger partial charge in [0.2, 0.25) is 5.91 Å². The van der Waals surface area contributed by atoms with E-state index >= 15 is 0 Å². The molecule has 3 N–H and O–H groups in total. The zero-order valence-electron chi connectivity index (χ0n) is 15.2. The maximum absolute atomic E-state index is 12.8. The summed E-state index contributed by atoms with van der Waals surface area (Å²) in [7, 11) is 1.65. The zero-order chi connectivity index (χ0) is 18.6. The highest BCUT2D eigenvalue weighted by Crippen LogP contribution is 2.40. The van der Waals surface area contributed by atoms with Crippen molar-refractivity contribution in [3.05, 3.63) is 28.8 Å². The number of nitrogens with one attached hydrogen (secondary N) is 1. The number of benzene rings is 1. The van der Waals surface area contributed by atoms with Crippen LogP contribution in [0.15, 0.2) is 18.2 Å². The van der Waals surface area contributed by atoms with E-state index in [1.807, 2.05) is 18.2 Å². The lowest BCUT2D eigenvalue weighted by atomic mass is 9.73. The topological polar surface area (TPSA) is 82.8 Å². The van der Waals surface area contributed by atoms with E-state index in [0.717, 1.165) is 24.2 Å². The van der Waals surface area contributed by atoms with Crippen LogP contribution in [0, 0.1) is 0 Å². The third-order valence-corrected chi connectivity index (χ3v) is 5.84. The Bertz CT molecular complexity index is 640. The van der Waals surface area contributed by atoms with Gasteiger partial charge in [-0.05, 0) is 43.9 Å². The van der Waals surface area contributed by atoms with Gasteiger partial charge >= 0.3 is 0 Å². The fraction of sp³-hybridized carbons (Fsp3) is 0.632. The van der Waals surface area contributed by atoms with Crippen molar-refractivity contribution in [2.24, 2.45) is 5.73 Å². The molecule has 1 amide bonds. The lowest BCUT2D eigenvalue weighted by Gasteiger charge is -2.40. The van der Waals surface area contributed by atoms with E-state index in [-0.39, 0.29) is 11.3 Å². The molecule has 2 fully saturated rings. The summed E-state index contributed by atoms with van der Waals surface area (Å²) in [5.41, 5.74) is 6.18. The fourth-order valence-corrected chi connectivity index (χ4v) is 3.96. The molecule has 144 valence electrons. The molecule has 0 aromatic heterocycles. The lowest BCUT2D eigenvalue weighted by Crippen LogP contribution is -2.59. The zero-order valence-corrected chi connectivity index (χ0v) is 15.9. The standard InChI is InChI=1S/C19H27ClN2O4/c1-24-16-3-2-14(20)12-15(16)18(4-8-25-9-5-18)13-22-17(23)19(21)6-10-26-11-7-19/h2-3,12H,4-11,13,21H2,1H3,(H,22,23). The van der Waals surface area contributed by atoms with Crippen molar-refractivity contribution >= 4 is 17.5 Å². The Labute approximate surface area is 159 Å². The van der Waals surface area contributed by atoms with Crippen molar-refractivity contribution in [1.29, 1.82) is 0 Å². The second-order valence-corrected chi connectivity index (χ2v) is 7.62. The van der Waals surface area contributed by atoms with Crippen LogP contribution < -0.4 is 15.8 Å². The first-order valence-corrected chi connectivity index (χ1v) is 9.44. The third-order valence-electron chi connectivity index (χ3n) is 5.61. The van der Waals surface area contributed by atoms with E-state index < -0.39 is 5.54 Å². The van der Waals surface area contributed by atoms with Crippen LogP contribution in [0.5, 0.6) is 5.75 Å². The maximum atomic E-state index is 12.8. The van der Waals surface area contributed by atoms with E-state index in [1.54, 1.807) is 7.11 Å². The molecule has 6 nitrogen and oxygen atoms in total. The Hall–Kier alpha value is -1.34. The average Bonchev–Trinajstić information content (AvgIpc) is 2.67. The molecule has 2 aliphatic rings. The summed E-state index contributed by atoms with van der Waals surface area (Å²) in [5, 5.41) is 3.75. The van der Waals surface area contributed by atoms with Gasteiger partial charge in [-0.2, -0.15) is 0 Å². The minimum Gasteiger partial charge on any atom is -0.496 e. The maximum Gasteiger partial charge on any atom is 0.240 e. The molecule has 2 aliphatic heterocycles. The molecule has 1 aromatic carbocycles. The monoisotopic (exact) mass is 382 g/mol. The quantitative estimate of drug-likeness (QED) is 0.814. The Morgan fingerprint density at radius 1 is 1.19 bits per heavy atom. The lowest BCUT2D eigenvalue weighted by molar-refractivity contribution is -0.130. The Kier molecular flexibility index (Phi) is 6.07. The van der Waals surface area contributed by atoms with Crippen LogP contribution >= 0.6 is 11.6 Å². The summed E-state index contributed by atoms with van der Waals surface area (Å²) in [6.45, 7) is 2.78. The van der Waals surface area contributed by atoms with Crippen LogP contribution in [-0.4, -0.2) is 51.5 Å². The van der Waals surface area contributed by atoms with Crippen molar-refractivity contribution in [1.82, 2.24) is 5.32 Å². The minimum atomic E-state index is -0.858. The molecule has 3 rings (SSSR count). The van der Waals surface area contributed by atoms with Crippen LogP contribution in [0.4, 0.5) is 0 Å². The van der Waals surface area contributed by atoms with Gasteiger partial charge < -0.3 is 25.3 Å². The Morgan fingerprint density at radius 2 is 1.81 bits per heavy atom. The van der Waals surface area contributed by atoms with Crippen molar-refractivity contribution < 1.29 is 19.0 Å². The van der Waals surface area contributed by atoms with Crippen LogP contribution in [-0.2, 0) is 19.7 Å². The van der Waals surface area contributed by atoms with E-state index in [4.69, 9.17) is 31.5 Å². The summed E-state index contributed by atoms with van der Waals surface area (Å²) in [5.74, 6) is 0.659. The molecule has 0 aliphatic carbocycles. The molecular weight excluding hydrogens is 356 g/mol. The number of hydrogen-bond donors (Lipinski definition) is 2.